The van der Waals surface area contributed by atoms with Crippen molar-refractivity contribution in [2.24, 2.45) is 0 Å². The van der Waals surface area contributed by atoms with Gasteiger partial charge in [-0.05, 0) is 54.7 Å². The highest BCUT2D eigenvalue weighted by molar-refractivity contribution is 7.80. The van der Waals surface area contributed by atoms with Gasteiger partial charge in [-0.25, -0.2) is 4.39 Å². The predicted octanol–water partition coefficient (Wildman–Crippen LogP) is 3.36. The zero-order chi connectivity index (χ0) is 19.2. The maximum Gasteiger partial charge on any atom is 0.173 e. The van der Waals surface area contributed by atoms with Gasteiger partial charge in [-0.3, -0.25) is 4.90 Å². The van der Waals surface area contributed by atoms with Crippen molar-refractivity contribution in [2.75, 3.05) is 45.7 Å². The minimum atomic E-state index is -0.241. The number of nitrogens with one attached hydrogen (secondary N) is 1. The van der Waals surface area contributed by atoms with Crippen LogP contribution in [0.2, 0.25) is 0 Å². The molecule has 0 aromatic heterocycles. The monoisotopic (exact) mass is 389 g/mol. The number of hydrogen-bond acceptors (Lipinski definition) is 4. The highest BCUT2D eigenvalue weighted by Gasteiger charge is 2.20. The summed E-state index contributed by atoms with van der Waals surface area (Å²) in [5.41, 5.74) is 1.80. The van der Waals surface area contributed by atoms with Crippen molar-refractivity contribution < 1.29 is 13.9 Å². The van der Waals surface area contributed by atoms with Gasteiger partial charge >= 0.3 is 0 Å². The van der Waals surface area contributed by atoms with E-state index in [1.807, 2.05) is 24.3 Å². The number of nitrogens with zero attached hydrogens (tertiary/aromatic N) is 2. The average molecular weight is 389 g/mol. The van der Waals surface area contributed by atoms with Crippen LogP contribution < -0.4 is 14.8 Å². The van der Waals surface area contributed by atoms with E-state index < -0.39 is 0 Å². The molecule has 1 saturated heterocycles. The first-order chi connectivity index (χ1) is 13.1. The molecule has 1 heterocycles. The maximum atomic E-state index is 13.5. The van der Waals surface area contributed by atoms with Gasteiger partial charge in [0.25, 0.3) is 0 Å². The molecule has 0 spiro atoms. The van der Waals surface area contributed by atoms with Crippen LogP contribution in [0.25, 0.3) is 0 Å². The lowest BCUT2D eigenvalue weighted by Gasteiger charge is -2.36. The predicted molar refractivity (Wildman–Crippen MR) is 109 cm³/mol. The van der Waals surface area contributed by atoms with E-state index in [0.717, 1.165) is 48.9 Å². The maximum absolute atomic E-state index is 13.5. The van der Waals surface area contributed by atoms with E-state index in [-0.39, 0.29) is 5.82 Å². The van der Waals surface area contributed by atoms with Gasteiger partial charge in [-0.15, -0.1) is 0 Å². The molecule has 0 amide bonds. The van der Waals surface area contributed by atoms with Gasteiger partial charge in [0, 0.05) is 44.0 Å². The summed E-state index contributed by atoms with van der Waals surface area (Å²) in [5, 5.41) is 3.98. The van der Waals surface area contributed by atoms with E-state index in [9.17, 15) is 4.39 Å². The first-order valence-electron chi connectivity index (χ1n) is 8.84. The Hall–Kier alpha value is -2.38. The Morgan fingerprint density at radius 1 is 1.04 bits per heavy atom. The molecule has 1 aliphatic rings. The molecule has 2 aromatic carbocycles. The van der Waals surface area contributed by atoms with E-state index in [1.165, 1.54) is 6.07 Å². The fourth-order valence-corrected chi connectivity index (χ4v) is 3.40. The van der Waals surface area contributed by atoms with E-state index in [1.54, 1.807) is 26.4 Å². The fourth-order valence-electron chi connectivity index (χ4n) is 3.10. The molecule has 2 aromatic rings. The van der Waals surface area contributed by atoms with Crippen LogP contribution in [0.1, 0.15) is 5.56 Å². The van der Waals surface area contributed by atoms with Crippen LogP contribution in [0.5, 0.6) is 11.5 Å². The van der Waals surface area contributed by atoms with Gasteiger partial charge in [0.05, 0.1) is 14.2 Å². The summed E-state index contributed by atoms with van der Waals surface area (Å²) < 4.78 is 24.1. The summed E-state index contributed by atoms with van der Waals surface area (Å²) in [4.78, 5) is 4.43. The number of anilines is 1. The topological polar surface area (TPSA) is 37.0 Å². The molecule has 0 saturated carbocycles. The number of rotatable bonds is 5. The normalized spacial score (nSPS) is 14.7. The average Bonchev–Trinajstić information content (AvgIpc) is 2.69. The lowest BCUT2D eigenvalue weighted by Crippen LogP contribution is -2.49. The molecular formula is C20H24FN3O2S. The lowest BCUT2D eigenvalue weighted by atomic mass is 10.1. The number of piperazine rings is 1. The lowest BCUT2D eigenvalue weighted by molar-refractivity contribution is 0.175. The van der Waals surface area contributed by atoms with Crippen molar-refractivity contribution in [3.8, 4) is 11.5 Å². The third-order valence-electron chi connectivity index (χ3n) is 4.64. The van der Waals surface area contributed by atoms with Crippen molar-refractivity contribution >= 4 is 23.0 Å². The highest BCUT2D eigenvalue weighted by atomic mass is 32.1. The Morgan fingerprint density at radius 2 is 1.74 bits per heavy atom. The highest BCUT2D eigenvalue weighted by Crippen LogP contribution is 2.22. The second-order valence-electron chi connectivity index (χ2n) is 6.38. The van der Waals surface area contributed by atoms with Gasteiger partial charge in [0.1, 0.15) is 17.3 Å². The van der Waals surface area contributed by atoms with Crippen molar-refractivity contribution in [3.05, 3.63) is 53.8 Å². The first kappa shape index (κ1) is 19.4. The fraction of sp³-hybridized carbons (Fsp3) is 0.350. The molecule has 27 heavy (non-hydrogen) atoms. The molecule has 0 bridgehead atoms. The first-order valence-corrected chi connectivity index (χ1v) is 9.24. The molecule has 7 heteroatoms. The molecule has 1 fully saturated rings. The van der Waals surface area contributed by atoms with Crippen molar-refractivity contribution in [1.82, 2.24) is 9.80 Å². The summed E-state index contributed by atoms with van der Waals surface area (Å²) in [6.45, 7) is 4.00. The quantitative estimate of drug-likeness (QED) is 0.791. The van der Waals surface area contributed by atoms with Crippen molar-refractivity contribution in [2.45, 2.75) is 6.54 Å². The largest absolute Gasteiger partial charge is 0.497 e. The number of hydrogen-bond donors (Lipinski definition) is 1. The van der Waals surface area contributed by atoms with Crippen LogP contribution in [0.15, 0.2) is 42.5 Å². The molecule has 0 radical (unpaired) electrons. The zero-order valence-electron chi connectivity index (χ0n) is 15.6. The second-order valence-corrected chi connectivity index (χ2v) is 6.76. The Kier molecular flexibility index (Phi) is 6.47. The summed E-state index contributed by atoms with van der Waals surface area (Å²) in [7, 11) is 3.25. The number of halogens is 1. The SMILES string of the molecule is COc1ccc(NC(=S)N2CCN(Cc3cc(F)ccc3OC)CC2)cc1. The molecule has 1 aliphatic heterocycles. The van der Waals surface area contributed by atoms with E-state index in [0.29, 0.717) is 11.7 Å². The Morgan fingerprint density at radius 3 is 2.37 bits per heavy atom. The van der Waals surface area contributed by atoms with Crippen LogP contribution in [0, 0.1) is 5.82 Å². The van der Waals surface area contributed by atoms with Crippen LogP contribution in [-0.4, -0.2) is 55.3 Å². The van der Waals surface area contributed by atoms with Gasteiger partial charge in [0.15, 0.2) is 5.11 Å². The summed E-state index contributed by atoms with van der Waals surface area (Å²) in [5.74, 6) is 1.29. The Balaban J connectivity index is 1.52. The third-order valence-corrected chi connectivity index (χ3v) is 5.00. The Labute approximate surface area is 164 Å². The van der Waals surface area contributed by atoms with Crippen LogP contribution in [-0.2, 0) is 6.54 Å². The van der Waals surface area contributed by atoms with Crippen LogP contribution in [0.4, 0.5) is 10.1 Å². The molecule has 1 N–H and O–H groups in total. The van der Waals surface area contributed by atoms with Crippen molar-refractivity contribution in [1.29, 1.82) is 0 Å². The van der Waals surface area contributed by atoms with Gasteiger partial charge in [-0.1, -0.05) is 0 Å². The molecule has 5 nitrogen and oxygen atoms in total. The van der Waals surface area contributed by atoms with E-state index in [4.69, 9.17) is 21.7 Å². The molecule has 3 rings (SSSR count). The second kappa shape index (κ2) is 9.01. The summed E-state index contributed by atoms with van der Waals surface area (Å²) >= 11 is 5.54. The van der Waals surface area contributed by atoms with E-state index >= 15 is 0 Å². The van der Waals surface area contributed by atoms with Crippen molar-refractivity contribution in [3.63, 3.8) is 0 Å². The van der Waals surface area contributed by atoms with Gasteiger partial charge in [0.2, 0.25) is 0 Å². The number of thiocarbonyl (C=S) groups is 1. The van der Waals surface area contributed by atoms with Crippen LogP contribution in [0.3, 0.4) is 0 Å². The molecular weight excluding hydrogens is 365 g/mol. The Bertz CT molecular complexity index is 777. The zero-order valence-corrected chi connectivity index (χ0v) is 16.4. The minimum absolute atomic E-state index is 0.241. The molecule has 144 valence electrons. The molecule has 0 aliphatic carbocycles. The van der Waals surface area contributed by atoms with Gasteiger partial charge < -0.3 is 19.7 Å². The number of ether oxygens (including phenoxy) is 2. The standard InChI is InChI=1S/C20H24FN3O2S/c1-25-18-6-4-17(5-7-18)22-20(27)24-11-9-23(10-12-24)14-15-13-16(21)3-8-19(15)26-2/h3-8,13H,9-12,14H2,1-2H3,(H,22,27). The number of methoxy groups -OCH3 is 2. The van der Waals surface area contributed by atoms with Gasteiger partial charge in [-0.2, -0.15) is 0 Å². The van der Waals surface area contributed by atoms with E-state index in [2.05, 4.69) is 15.1 Å². The smallest absolute Gasteiger partial charge is 0.173 e. The van der Waals surface area contributed by atoms with Crippen LogP contribution >= 0.6 is 12.2 Å². The third kappa shape index (κ3) is 5.08. The molecule has 0 atom stereocenters. The minimum Gasteiger partial charge on any atom is -0.497 e. The summed E-state index contributed by atoms with van der Waals surface area (Å²) in [6.07, 6.45) is 0. The summed E-state index contributed by atoms with van der Waals surface area (Å²) in [6, 6.07) is 12.3. The molecule has 0 unspecified atom stereocenters. The number of benzene rings is 2.